The number of piperidine rings is 1. The van der Waals surface area contributed by atoms with E-state index in [1.807, 2.05) is 0 Å². The van der Waals surface area contributed by atoms with Crippen LogP contribution in [0.3, 0.4) is 0 Å². The van der Waals surface area contributed by atoms with Crippen molar-refractivity contribution in [2.45, 2.75) is 37.1 Å². The molecule has 0 aromatic heterocycles. The first-order valence-corrected chi connectivity index (χ1v) is 3.75. The van der Waals surface area contributed by atoms with Gasteiger partial charge in [-0.3, -0.25) is 0 Å². The number of nitrogens with one attached hydrogen (secondary N) is 1. The summed E-state index contributed by atoms with van der Waals surface area (Å²) in [7, 11) is 0. The van der Waals surface area contributed by atoms with Crippen molar-refractivity contribution in [3.05, 3.63) is 0 Å². The number of hydrogen-bond acceptors (Lipinski definition) is 1. The Morgan fingerprint density at radius 2 is 1.80 bits per heavy atom. The van der Waals surface area contributed by atoms with Gasteiger partial charge in [-0.15, -0.1) is 0 Å². The van der Waals surface area contributed by atoms with Crippen LogP contribution in [0.15, 0.2) is 0 Å². The standard InChI is InChI=1S/C7H11F2N/c8-7(9)3-4-10-6(5-7)1-2-6/h10H,1-5H2. The lowest BCUT2D eigenvalue weighted by Gasteiger charge is -2.29. The first-order chi connectivity index (χ1) is 4.62. The number of hydrogen-bond donors (Lipinski definition) is 1. The Kier molecular flexibility index (Phi) is 1.11. The van der Waals surface area contributed by atoms with Gasteiger partial charge in [0.1, 0.15) is 0 Å². The molecule has 0 bridgehead atoms. The van der Waals surface area contributed by atoms with Gasteiger partial charge in [0.25, 0.3) is 5.92 Å². The van der Waals surface area contributed by atoms with Gasteiger partial charge < -0.3 is 5.32 Å². The molecule has 1 N–H and O–H groups in total. The Hall–Kier alpha value is -0.180. The summed E-state index contributed by atoms with van der Waals surface area (Å²) in [6.45, 7) is 0.493. The molecule has 3 heteroatoms. The predicted octanol–water partition coefficient (Wildman–Crippen LogP) is 1.54. The highest BCUT2D eigenvalue weighted by Gasteiger charge is 2.52. The van der Waals surface area contributed by atoms with Gasteiger partial charge in [0.05, 0.1) is 0 Å². The first kappa shape index (κ1) is 6.53. The Balaban J connectivity index is 2.04. The van der Waals surface area contributed by atoms with E-state index >= 15 is 0 Å². The van der Waals surface area contributed by atoms with Crippen molar-refractivity contribution >= 4 is 0 Å². The van der Waals surface area contributed by atoms with Gasteiger partial charge in [0, 0.05) is 24.9 Å². The topological polar surface area (TPSA) is 12.0 Å². The van der Waals surface area contributed by atoms with Crippen molar-refractivity contribution in [2.24, 2.45) is 0 Å². The van der Waals surface area contributed by atoms with E-state index < -0.39 is 5.92 Å². The third kappa shape index (κ3) is 1.03. The van der Waals surface area contributed by atoms with E-state index in [2.05, 4.69) is 5.32 Å². The fourth-order valence-corrected chi connectivity index (χ4v) is 1.66. The molecule has 1 nitrogen and oxygen atoms in total. The normalized spacial score (nSPS) is 34.2. The second-order valence-electron chi connectivity index (χ2n) is 3.49. The summed E-state index contributed by atoms with van der Waals surface area (Å²) in [5, 5.41) is 3.15. The van der Waals surface area contributed by atoms with E-state index in [0.29, 0.717) is 6.54 Å². The maximum absolute atomic E-state index is 12.7. The predicted molar refractivity (Wildman–Crippen MR) is 34.1 cm³/mol. The van der Waals surface area contributed by atoms with E-state index in [-0.39, 0.29) is 18.4 Å². The van der Waals surface area contributed by atoms with Gasteiger partial charge in [-0.1, -0.05) is 0 Å². The molecule has 1 aliphatic heterocycles. The fourth-order valence-electron chi connectivity index (χ4n) is 1.66. The molecule has 0 unspecified atom stereocenters. The van der Waals surface area contributed by atoms with Gasteiger partial charge in [-0.05, 0) is 12.8 Å². The van der Waals surface area contributed by atoms with E-state index in [9.17, 15) is 8.78 Å². The summed E-state index contributed by atoms with van der Waals surface area (Å²) in [4.78, 5) is 0. The molecule has 0 amide bonds. The molecular weight excluding hydrogens is 136 g/mol. The van der Waals surface area contributed by atoms with Crippen LogP contribution in [-0.2, 0) is 0 Å². The Bertz CT molecular complexity index is 148. The van der Waals surface area contributed by atoms with Crippen molar-refractivity contribution in [2.75, 3.05) is 6.54 Å². The van der Waals surface area contributed by atoms with E-state index in [0.717, 1.165) is 12.8 Å². The summed E-state index contributed by atoms with van der Waals surface area (Å²) < 4.78 is 25.4. The first-order valence-electron chi connectivity index (χ1n) is 3.75. The summed E-state index contributed by atoms with van der Waals surface area (Å²) >= 11 is 0. The van der Waals surface area contributed by atoms with Crippen molar-refractivity contribution in [3.63, 3.8) is 0 Å². The van der Waals surface area contributed by atoms with E-state index in [1.54, 1.807) is 0 Å². The third-order valence-corrected chi connectivity index (χ3v) is 2.44. The Morgan fingerprint density at radius 3 is 2.20 bits per heavy atom. The largest absolute Gasteiger partial charge is 0.311 e. The zero-order chi connectivity index (χ0) is 7.24. The molecule has 0 aromatic rings. The van der Waals surface area contributed by atoms with Crippen LogP contribution in [-0.4, -0.2) is 18.0 Å². The van der Waals surface area contributed by atoms with E-state index in [1.165, 1.54) is 0 Å². The molecule has 0 radical (unpaired) electrons. The van der Waals surface area contributed by atoms with Crippen molar-refractivity contribution in [3.8, 4) is 0 Å². The molecule has 1 saturated carbocycles. The quantitative estimate of drug-likeness (QED) is 0.548. The summed E-state index contributed by atoms with van der Waals surface area (Å²) in [6.07, 6.45) is 1.99. The van der Waals surface area contributed by atoms with Crippen LogP contribution in [0.2, 0.25) is 0 Å². The van der Waals surface area contributed by atoms with Gasteiger partial charge in [-0.25, -0.2) is 8.78 Å². The van der Waals surface area contributed by atoms with Crippen molar-refractivity contribution in [1.82, 2.24) is 5.32 Å². The van der Waals surface area contributed by atoms with Crippen molar-refractivity contribution in [1.29, 1.82) is 0 Å². The van der Waals surface area contributed by atoms with E-state index in [4.69, 9.17) is 0 Å². The number of halogens is 2. The Labute approximate surface area is 58.8 Å². The van der Waals surface area contributed by atoms with Gasteiger partial charge in [-0.2, -0.15) is 0 Å². The SMILES string of the molecule is FC1(F)CCNC2(CC2)C1. The molecule has 1 spiro atoms. The zero-order valence-electron chi connectivity index (χ0n) is 5.79. The van der Waals surface area contributed by atoms with Crippen LogP contribution < -0.4 is 5.32 Å². The molecule has 2 fully saturated rings. The van der Waals surface area contributed by atoms with Gasteiger partial charge in [0.15, 0.2) is 0 Å². The van der Waals surface area contributed by atoms with Crippen LogP contribution in [0.1, 0.15) is 25.7 Å². The lowest BCUT2D eigenvalue weighted by Crippen LogP contribution is -2.45. The van der Waals surface area contributed by atoms with Crippen LogP contribution >= 0.6 is 0 Å². The Morgan fingerprint density at radius 1 is 1.10 bits per heavy atom. The summed E-state index contributed by atoms with van der Waals surface area (Å²) in [6, 6.07) is 0. The monoisotopic (exact) mass is 147 g/mol. The van der Waals surface area contributed by atoms with Crippen LogP contribution in [0, 0.1) is 0 Å². The van der Waals surface area contributed by atoms with Crippen LogP contribution in [0.4, 0.5) is 8.78 Å². The number of rotatable bonds is 0. The minimum Gasteiger partial charge on any atom is -0.311 e. The maximum atomic E-state index is 12.7. The number of alkyl halides is 2. The molecule has 1 aliphatic carbocycles. The molecule has 2 aliphatic rings. The lowest BCUT2D eigenvalue weighted by molar-refractivity contribution is -0.0452. The average Bonchev–Trinajstić information content (AvgIpc) is 2.45. The smallest absolute Gasteiger partial charge is 0.251 e. The third-order valence-electron chi connectivity index (χ3n) is 2.44. The molecular formula is C7H11F2N. The summed E-state index contributed by atoms with van der Waals surface area (Å²) in [5.41, 5.74) is -0.137. The van der Waals surface area contributed by atoms with Crippen LogP contribution in [0.25, 0.3) is 0 Å². The fraction of sp³-hybridized carbons (Fsp3) is 1.00. The highest BCUT2D eigenvalue weighted by atomic mass is 19.3. The van der Waals surface area contributed by atoms with Crippen LogP contribution in [0.5, 0.6) is 0 Å². The minimum atomic E-state index is -2.39. The molecule has 10 heavy (non-hydrogen) atoms. The second-order valence-corrected chi connectivity index (χ2v) is 3.49. The molecule has 0 atom stereocenters. The molecule has 58 valence electrons. The summed E-state index contributed by atoms with van der Waals surface area (Å²) in [5.74, 6) is -2.39. The maximum Gasteiger partial charge on any atom is 0.251 e. The zero-order valence-corrected chi connectivity index (χ0v) is 5.79. The lowest BCUT2D eigenvalue weighted by atomic mass is 9.99. The highest BCUT2D eigenvalue weighted by molar-refractivity contribution is 5.07. The van der Waals surface area contributed by atoms with Gasteiger partial charge in [0.2, 0.25) is 0 Å². The van der Waals surface area contributed by atoms with Crippen molar-refractivity contribution < 1.29 is 8.78 Å². The molecule has 1 saturated heterocycles. The average molecular weight is 147 g/mol. The highest BCUT2D eigenvalue weighted by Crippen LogP contribution is 2.47. The minimum absolute atomic E-state index is 0.0226. The second kappa shape index (κ2) is 1.70. The van der Waals surface area contributed by atoms with Gasteiger partial charge >= 0.3 is 0 Å². The molecule has 0 aromatic carbocycles. The molecule has 2 rings (SSSR count). The molecule has 1 heterocycles.